The van der Waals surface area contributed by atoms with Gasteiger partial charge in [0.1, 0.15) is 12.4 Å². The number of ether oxygens (including phenoxy) is 2. The highest BCUT2D eigenvalue weighted by molar-refractivity contribution is 5.45. The number of hydrogen-bond donors (Lipinski definition) is 1. The first-order valence-electron chi connectivity index (χ1n) is 8.13. The molecule has 1 atom stereocenters. The standard InChI is InChI=1S/C18H29NO2/c1-5-11-19-16-10-9-15-14(16)7-6-8-17(15)20-12-13-21-18(2,3)4/h6-8,16,19H,5,9-13H2,1-4H3. The van der Waals surface area contributed by atoms with Crippen LogP contribution in [0.4, 0.5) is 0 Å². The summed E-state index contributed by atoms with van der Waals surface area (Å²) >= 11 is 0. The maximum atomic E-state index is 5.94. The van der Waals surface area contributed by atoms with Crippen LogP contribution < -0.4 is 10.1 Å². The molecule has 0 radical (unpaired) electrons. The molecule has 1 aliphatic rings. The molecule has 0 saturated carbocycles. The zero-order chi connectivity index (χ0) is 15.3. The highest BCUT2D eigenvalue weighted by atomic mass is 16.5. The molecule has 0 bridgehead atoms. The molecule has 2 rings (SSSR count). The molecule has 1 aliphatic carbocycles. The molecule has 1 unspecified atom stereocenters. The third-order valence-electron chi connectivity index (χ3n) is 3.74. The topological polar surface area (TPSA) is 30.5 Å². The van der Waals surface area contributed by atoms with Gasteiger partial charge in [-0.1, -0.05) is 19.1 Å². The van der Waals surface area contributed by atoms with Crippen molar-refractivity contribution in [3.8, 4) is 5.75 Å². The van der Waals surface area contributed by atoms with Gasteiger partial charge in [-0.2, -0.15) is 0 Å². The lowest BCUT2D eigenvalue weighted by atomic mass is 10.1. The van der Waals surface area contributed by atoms with Crippen molar-refractivity contribution in [3.05, 3.63) is 29.3 Å². The molecule has 1 aromatic rings. The van der Waals surface area contributed by atoms with E-state index in [-0.39, 0.29) is 5.60 Å². The second kappa shape index (κ2) is 7.28. The summed E-state index contributed by atoms with van der Waals surface area (Å²) in [4.78, 5) is 0. The Morgan fingerprint density at radius 2 is 2.05 bits per heavy atom. The van der Waals surface area contributed by atoms with Crippen LogP contribution in [0, 0.1) is 0 Å². The Morgan fingerprint density at radius 1 is 1.24 bits per heavy atom. The highest BCUT2D eigenvalue weighted by Crippen LogP contribution is 2.36. The Kier molecular flexibility index (Phi) is 5.65. The van der Waals surface area contributed by atoms with Crippen molar-refractivity contribution >= 4 is 0 Å². The summed E-state index contributed by atoms with van der Waals surface area (Å²) in [5.74, 6) is 1.03. The van der Waals surface area contributed by atoms with E-state index < -0.39 is 0 Å². The van der Waals surface area contributed by atoms with Gasteiger partial charge in [-0.15, -0.1) is 0 Å². The smallest absolute Gasteiger partial charge is 0.122 e. The Labute approximate surface area is 129 Å². The molecule has 0 spiro atoms. The van der Waals surface area contributed by atoms with Crippen molar-refractivity contribution in [1.29, 1.82) is 0 Å². The maximum Gasteiger partial charge on any atom is 0.122 e. The predicted octanol–water partition coefficient (Wildman–Crippen LogP) is 3.87. The molecule has 1 aromatic carbocycles. The number of hydrogen-bond acceptors (Lipinski definition) is 3. The molecular weight excluding hydrogens is 262 g/mol. The normalized spacial score (nSPS) is 17.8. The quantitative estimate of drug-likeness (QED) is 0.774. The van der Waals surface area contributed by atoms with Gasteiger partial charge in [-0.3, -0.25) is 0 Å². The summed E-state index contributed by atoms with van der Waals surface area (Å²) in [7, 11) is 0. The Bertz CT molecular complexity index is 451. The van der Waals surface area contributed by atoms with Crippen LogP contribution >= 0.6 is 0 Å². The van der Waals surface area contributed by atoms with E-state index in [4.69, 9.17) is 9.47 Å². The van der Waals surface area contributed by atoms with Gasteiger partial charge in [0.25, 0.3) is 0 Å². The predicted molar refractivity (Wildman–Crippen MR) is 87.0 cm³/mol. The van der Waals surface area contributed by atoms with Gasteiger partial charge in [-0.25, -0.2) is 0 Å². The zero-order valence-electron chi connectivity index (χ0n) is 13.9. The SMILES string of the molecule is CCCNC1CCc2c(OCCOC(C)(C)C)cccc21. The fourth-order valence-electron chi connectivity index (χ4n) is 2.79. The lowest BCUT2D eigenvalue weighted by Crippen LogP contribution is -2.22. The van der Waals surface area contributed by atoms with Crippen LogP contribution in [0.25, 0.3) is 0 Å². The van der Waals surface area contributed by atoms with Gasteiger partial charge in [0.15, 0.2) is 0 Å². The molecule has 3 heteroatoms. The molecule has 118 valence electrons. The fraction of sp³-hybridized carbons (Fsp3) is 0.667. The van der Waals surface area contributed by atoms with E-state index in [0.29, 0.717) is 19.3 Å². The number of rotatable bonds is 7. The zero-order valence-corrected chi connectivity index (χ0v) is 13.9. The molecule has 0 fully saturated rings. The summed E-state index contributed by atoms with van der Waals surface area (Å²) < 4.78 is 11.7. The van der Waals surface area contributed by atoms with Crippen molar-refractivity contribution in [2.45, 2.75) is 58.6 Å². The van der Waals surface area contributed by atoms with Crippen molar-refractivity contribution in [3.63, 3.8) is 0 Å². The second-order valence-corrected chi connectivity index (χ2v) is 6.68. The fourth-order valence-corrected chi connectivity index (χ4v) is 2.79. The molecular formula is C18H29NO2. The highest BCUT2D eigenvalue weighted by Gasteiger charge is 2.24. The summed E-state index contributed by atoms with van der Waals surface area (Å²) in [6.07, 6.45) is 3.45. The summed E-state index contributed by atoms with van der Waals surface area (Å²) in [5.41, 5.74) is 2.69. The largest absolute Gasteiger partial charge is 0.491 e. The molecule has 0 heterocycles. The number of fused-ring (bicyclic) bond motifs is 1. The number of benzene rings is 1. The first-order valence-corrected chi connectivity index (χ1v) is 8.13. The van der Waals surface area contributed by atoms with E-state index in [1.807, 2.05) is 0 Å². The van der Waals surface area contributed by atoms with Gasteiger partial charge >= 0.3 is 0 Å². The Balaban J connectivity index is 1.92. The Hall–Kier alpha value is -1.06. The second-order valence-electron chi connectivity index (χ2n) is 6.68. The minimum atomic E-state index is -0.100. The third-order valence-corrected chi connectivity index (χ3v) is 3.74. The van der Waals surface area contributed by atoms with Crippen molar-refractivity contribution in [2.24, 2.45) is 0 Å². The van der Waals surface area contributed by atoms with E-state index in [0.717, 1.165) is 18.7 Å². The average Bonchev–Trinajstić information content (AvgIpc) is 2.84. The monoisotopic (exact) mass is 291 g/mol. The van der Waals surface area contributed by atoms with Crippen molar-refractivity contribution in [2.75, 3.05) is 19.8 Å². The number of nitrogens with one attached hydrogen (secondary N) is 1. The molecule has 3 nitrogen and oxygen atoms in total. The van der Waals surface area contributed by atoms with E-state index in [1.54, 1.807) is 0 Å². The summed E-state index contributed by atoms with van der Waals surface area (Å²) in [6.45, 7) is 10.7. The molecule has 0 aliphatic heterocycles. The minimum Gasteiger partial charge on any atom is -0.491 e. The van der Waals surface area contributed by atoms with Crippen LogP contribution in [-0.2, 0) is 11.2 Å². The van der Waals surface area contributed by atoms with Gasteiger partial charge < -0.3 is 14.8 Å². The first-order chi connectivity index (χ1) is 10.0. The lowest BCUT2D eigenvalue weighted by molar-refractivity contribution is -0.0163. The van der Waals surface area contributed by atoms with E-state index in [1.165, 1.54) is 24.0 Å². The van der Waals surface area contributed by atoms with Crippen molar-refractivity contribution in [1.82, 2.24) is 5.32 Å². The minimum absolute atomic E-state index is 0.100. The maximum absolute atomic E-state index is 5.94. The van der Waals surface area contributed by atoms with E-state index in [9.17, 15) is 0 Å². The molecule has 0 amide bonds. The van der Waals surface area contributed by atoms with Gasteiger partial charge in [0.05, 0.1) is 12.2 Å². The molecule has 0 aromatic heterocycles. The Morgan fingerprint density at radius 3 is 2.76 bits per heavy atom. The van der Waals surface area contributed by atoms with Crippen molar-refractivity contribution < 1.29 is 9.47 Å². The van der Waals surface area contributed by atoms with Gasteiger partial charge in [0, 0.05) is 6.04 Å². The van der Waals surface area contributed by atoms with Crippen LogP contribution in [0.2, 0.25) is 0 Å². The average molecular weight is 291 g/mol. The van der Waals surface area contributed by atoms with Crippen LogP contribution in [0.1, 0.15) is 57.7 Å². The third kappa shape index (κ3) is 4.72. The lowest BCUT2D eigenvalue weighted by Gasteiger charge is -2.20. The van der Waals surface area contributed by atoms with Crippen LogP contribution in [0.15, 0.2) is 18.2 Å². The van der Waals surface area contributed by atoms with Crippen LogP contribution in [0.3, 0.4) is 0 Å². The van der Waals surface area contributed by atoms with Gasteiger partial charge in [0.2, 0.25) is 0 Å². The van der Waals surface area contributed by atoms with Crippen LogP contribution in [0.5, 0.6) is 5.75 Å². The molecule has 1 N–H and O–H groups in total. The molecule has 21 heavy (non-hydrogen) atoms. The first kappa shape index (κ1) is 16.3. The molecule has 0 saturated heterocycles. The summed E-state index contributed by atoms with van der Waals surface area (Å²) in [5, 5.41) is 3.62. The summed E-state index contributed by atoms with van der Waals surface area (Å²) in [6, 6.07) is 6.91. The van der Waals surface area contributed by atoms with Crippen LogP contribution in [-0.4, -0.2) is 25.4 Å². The van der Waals surface area contributed by atoms with Gasteiger partial charge in [-0.05, 0) is 63.8 Å². The van der Waals surface area contributed by atoms with E-state index >= 15 is 0 Å². The van der Waals surface area contributed by atoms with E-state index in [2.05, 4.69) is 51.2 Å².